The molecule has 1 atom stereocenters. The molecule has 0 unspecified atom stereocenters. The molecule has 1 nitrogen and oxygen atoms in total. The minimum Gasteiger partial charge on any atom is -0.389 e. The molecule has 0 amide bonds. The maximum absolute atomic E-state index is 10.5. The van der Waals surface area contributed by atoms with Crippen LogP contribution in [0.2, 0.25) is 0 Å². The topological polar surface area (TPSA) is 20.2 Å². The second kappa shape index (κ2) is 6.39. The molecule has 0 heterocycles. The van der Waals surface area contributed by atoms with E-state index in [0.717, 1.165) is 16.7 Å². The van der Waals surface area contributed by atoms with Gasteiger partial charge < -0.3 is 5.11 Å². The van der Waals surface area contributed by atoms with E-state index in [1.54, 1.807) is 0 Å². The summed E-state index contributed by atoms with van der Waals surface area (Å²) in [5.41, 5.74) is 8.01. The summed E-state index contributed by atoms with van der Waals surface area (Å²) in [6.07, 6.45) is -0.527. The van der Waals surface area contributed by atoms with Crippen LogP contribution >= 0.6 is 0 Å². The molecule has 0 spiro atoms. The Morgan fingerprint density at radius 1 is 0.609 bits per heavy atom. The Balaban J connectivity index is 2.30. The van der Waals surface area contributed by atoms with E-state index in [1.807, 2.05) is 19.1 Å². The van der Waals surface area contributed by atoms with E-state index in [-0.39, 0.29) is 0 Å². The summed E-state index contributed by atoms with van der Waals surface area (Å²) < 4.78 is 0. The first-order valence-electron chi connectivity index (χ1n) is 8.02. The number of aliphatic hydroxyl groups excluding tert-OH is 1. The molecule has 3 aromatic carbocycles. The van der Waals surface area contributed by atoms with Gasteiger partial charge >= 0.3 is 0 Å². The molecule has 3 rings (SSSR count). The van der Waals surface area contributed by atoms with Gasteiger partial charge in [-0.2, -0.15) is 0 Å². The number of hydrogen-bond donors (Lipinski definition) is 1. The van der Waals surface area contributed by atoms with Gasteiger partial charge in [-0.1, -0.05) is 66.7 Å². The van der Waals surface area contributed by atoms with Crippen LogP contribution in [0.15, 0.2) is 66.7 Å². The van der Waals surface area contributed by atoms with Crippen molar-refractivity contribution in [2.45, 2.75) is 26.9 Å². The molecule has 0 fully saturated rings. The van der Waals surface area contributed by atoms with Crippen LogP contribution in [0.3, 0.4) is 0 Å². The van der Waals surface area contributed by atoms with Crippen molar-refractivity contribution in [1.29, 1.82) is 0 Å². The second-order valence-corrected chi connectivity index (χ2v) is 6.07. The molecule has 0 saturated heterocycles. The first-order chi connectivity index (χ1) is 11.1. The highest BCUT2D eigenvalue weighted by atomic mass is 16.3. The molecule has 0 aliphatic carbocycles. The zero-order valence-electron chi connectivity index (χ0n) is 13.9. The van der Waals surface area contributed by atoms with Crippen LogP contribution in [0.4, 0.5) is 0 Å². The van der Waals surface area contributed by atoms with Crippen LogP contribution in [0.1, 0.15) is 29.7 Å². The lowest BCUT2D eigenvalue weighted by atomic mass is 9.86. The lowest BCUT2D eigenvalue weighted by Gasteiger charge is -2.20. The molecule has 0 saturated carbocycles. The third kappa shape index (κ3) is 2.93. The summed E-state index contributed by atoms with van der Waals surface area (Å²) in [6, 6.07) is 23.0. The number of rotatable bonds is 3. The van der Waals surface area contributed by atoms with Gasteiger partial charge in [-0.25, -0.2) is 0 Å². The lowest BCUT2D eigenvalue weighted by molar-refractivity contribution is 0.200. The maximum Gasteiger partial charge on any atom is 0.0773 e. The largest absolute Gasteiger partial charge is 0.389 e. The van der Waals surface area contributed by atoms with Crippen molar-refractivity contribution in [1.82, 2.24) is 0 Å². The molecule has 0 aromatic heterocycles. The lowest BCUT2D eigenvalue weighted by Crippen LogP contribution is -2.00. The standard InChI is InChI=1S/C22H22O/c1-15-9-4-6-11-18(15)20-13-8-14-21(22(20)17(3)23)19-12-7-5-10-16(19)2/h4-14,17,23H,1-3H3/t17-/m0/s1. The average Bonchev–Trinajstić information content (AvgIpc) is 2.55. The Hall–Kier alpha value is -2.38. The third-order valence-corrected chi connectivity index (χ3v) is 4.39. The number of benzene rings is 3. The van der Waals surface area contributed by atoms with Gasteiger partial charge in [0, 0.05) is 0 Å². The Morgan fingerprint density at radius 2 is 1.00 bits per heavy atom. The van der Waals surface area contributed by atoms with Crippen molar-refractivity contribution >= 4 is 0 Å². The summed E-state index contributed by atoms with van der Waals surface area (Å²) in [6.45, 7) is 6.07. The second-order valence-electron chi connectivity index (χ2n) is 6.07. The Kier molecular flexibility index (Phi) is 4.31. The molecule has 0 aliphatic rings. The fourth-order valence-electron chi connectivity index (χ4n) is 3.24. The summed E-state index contributed by atoms with van der Waals surface area (Å²) in [5, 5.41) is 10.5. The minimum atomic E-state index is -0.527. The predicted octanol–water partition coefficient (Wildman–Crippen LogP) is 5.69. The van der Waals surface area contributed by atoms with Crippen LogP contribution < -0.4 is 0 Å². The van der Waals surface area contributed by atoms with E-state index in [0.29, 0.717) is 0 Å². The van der Waals surface area contributed by atoms with E-state index >= 15 is 0 Å². The van der Waals surface area contributed by atoms with Crippen molar-refractivity contribution < 1.29 is 5.11 Å². The van der Waals surface area contributed by atoms with Crippen LogP contribution in [0.5, 0.6) is 0 Å². The van der Waals surface area contributed by atoms with Gasteiger partial charge in [0.2, 0.25) is 0 Å². The quantitative estimate of drug-likeness (QED) is 0.659. The highest BCUT2D eigenvalue weighted by molar-refractivity contribution is 5.81. The zero-order chi connectivity index (χ0) is 16.4. The van der Waals surface area contributed by atoms with E-state index < -0.39 is 6.10 Å². The van der Waals surface area contributed by atoms with Gasteiger partial charge in [-0.15, -0.1) is 0 Å². The molecule has 1 N–H and O–H groups in total. The average molecular weight is 302 g/mol. The van der Waals surface area contributed by atoms with Gasteiger partial charge in [0.15, 0.2) is 0 Å². The molecule has 1 heteroatoms. The van der Waals surface area contributed by atoms with Crippen molar-refractivity contribution in [3.8, 4) is 22.3 Å². The zero-order valence-corrected chi connectivity index (χ0v) is 13.9. The van der Waals surface area contributed by atoms with Crippen LogP contribution in [-0.4, -0.2) is 5.11 Å². The molecule has 116 valence electrons. The van der Waals surface area contributed by atoms with E-state index in [9.17, 15) is 5.11 Å². The molecule has 0 bridgehead atoms. The highest BCUT2D eigenvalue weighted by Crippen LogP contribution is 2.38. The smallest absolute Gasteiger partial charge is 0.0773 e. The van der Waals surface area contributed by atoms with E-state index in [2.05, 4.69) is 68.4 Å². The molecular weight excluding hydrogens is 280 g/mol. The summed E-state index contributed by atoms with van der Waals surface area (Å²) in [5.74, 6) is 0. The first-order valence-corrected chi connectivity index (χ1v) is 8.02. The van der Waals surface area contributed by atoms with Crippen molar-refractivity contribution in [3.63, 3.8) is 0 Å². The van der Waals surface area contributed by atoms with Crippen molar-refractivity contribution in [3.05, 3.63) is 83.4 Å². The predicted molar refractivity (Wildman–Crippen MR) is 97.4 cm³/mol. The molecule has 0 radical (unpaired) electrons. The van der Waals surface area contributed by atoms with Crippen LogP contribution in [-0.2, 0) is 0 Å². The van der Waals surface area contributed by atoms with E-state index in [1.165, 1.54) is 22.3 Å². The van der Waals surface area contributed by atoms with Gasteiger partial charge in [0.1, 0.15) is 0 Å². The Bertz CT molecular complexity index is 767. The van der Waals surface area contributed by atoms with E-state index in [4.69, 9.17) is 0 Å². The molecule has 3 aromatic rings. The van der Waals surface area contributed by atoms with Gasteiger partial charge in [-0.05, 0) is 59.7 Å². The Morgan fingerprint density at radius 3 is 1.39 bits per heavy atom. The molecule has 23 heavy (non-hydrogen) atoms. The maximum atomic E-state index is 10.5. The number of aliphatic hydroxyl groups is 1. The Labute approximate surface area is 138 Å². The summed E-state index contributed by atoms with van der Waals surface area (Å²) in [4.78, 5) is 0. The fourth-order valence-corrected chi connectivity index (χ4v) is 3.24. The SMILES string of the molecule is Cc1ccccc1-c1cccc(-c2ccccc2C)c1[C@H](C)O. The third-order valence-electron chi connectivity index (χ3n) is 4.39. The van der Waals surface area contributed by atoms with Crippen LogP contribution in [0.25, 0.3) is 22.3 Å². The fraction of sp³-hybridized carbons (Fsp3) is 0.182. The van der Waals surface area contributed by atoms with Crippen molar-refractivity contribution in [2.75, 3.05) is 0 Å². The highest BCUT2D eigenvalue weighted by Gasteiger charge is 2.17. The summed E-state index contributed by atoms with van der Waals surface area (Å²) >= 11 is 0. The number of aryl methyl sites for hydroxylation is 2. The van der Waals surface area contributed by atoms with Crippen LogP contribution in [0, 0.1) is 13.8 Å². The van der Waals surface area contributed by atoms with Crippen molar-refractivity contribution in [2.24, 2.45) is 0 Å². The monoisotopic (exact) mass is 302 g/mol. The summed E-state index contributed by atoms with van der Waals surface area (Å²) in [7, 11) is 0. The normalized spacial score (nSPS) is 12.2. The van der Waals surface area contributed by atoms with Gasteiger partial charge in [0.25, 0.3) is 0 Å². The molecular formula is C22H22O. The number of hydrogen-bond acceptors (Lipinski definition) is 1. The van der Waals surface area contributed by atoms with Gasteiger partial charge in [0.05, 0.1) is 6.10 Å². The minimum absolute atomic E-state index is 0.527. The first kappa shape index (κ1) is 15.5. The van der Waals surface area contributed by atoms with Gasteiger partial charge in [-0.3, -0.25) is 0 Å². The molecule has 0 aliphatic heterocycles.